The Morgan fingerprint density at radius 3 is 2.31 bits per heavy atom. The van der Waals surface area contributed by atoms with Gasteiger partial charge in [0.2, 0.25) is 0 Å². The van der Waals surface area contributed by atoms with E-state index in [1.807, 2.05) is 45.0 Å². The number of ketones is 1. The molecule has 2 nitrogen and oxygen atoms in total. The van der Waals surface area contributed by atoms with Crippen molar-refractivity contribution in [3.8, 4) is 0 Å². The van der Waals surface area contributed by atoms with E-state index in [1.54, 1.807) is 6.26 Å². The van der Waals surface area contributed by atoms with Crippen LogP contribution in [0.2, 0.25) is 0 Å². The third-order valence-electron chi connectivity index (χ3n) is 2.30. The van der Waals surface area contributed by atoms with E-state index in [2.05, 4.69) is 0 Å². The van der Waals surface area contributed by atoms with Crippen LogP contribution in [0.3, 0.4) is 0 Å². The first-order chi connectivity index (χ1) is 7.32. The highest BCUT2D eigenvalue weighted by atomic mass is 32.2. The highest BCUT2D eigenvalue weighted by Crippen LogP contribution is 2.23. The molecular weight excluding hydrogens is 220 g/mol. The molecule has 0 bridgehead atoms. The minimum atomic E-state index is -0.922. The molecule has 1 aromatic carbocycles. The summed E-state index contributed by atoms with van der Waals surface area (Å²) in [7, 11) is -0.922. The van der Waals surface area contributed by atoms with Crippen molar-refractivity contribution in [2.75, 3.05) is 6.26 Å². The van der Waals surface area contributed by atoms with Crippen molar-refractivity contribution in [3.63, 3.8) is 0 Å². The van der Waals surface area contributed by atoms with Gasteiger partial charge in [-0.1, -0.05) is 45.0 Å². The van der Waals surface area contributed by atoms with Gasteiger partial charge in [-0.3, -0.25) is 9.00 Å². The number of hydrogen-bond donors (Lipinski definition) is 0. The molecule has 0 aliphatic carbocycles. The van der Waals surface area contributed by atoms with Gasteiger partial charge in [-0.05, 0) is 5.56 Å². The zero-order chi connectivity index (χ0) is 12.3. The molecule has 1 atom stereocenters. The van der Waals surface area contributed by atoms with Gasteiger partial charge in [0.25, 0.3) is 0 Å². The van der Waals surface area contributed by atoms with Gasteiger partial charge < -0.3 is 0 Å². The molecule has 0 heterocycles. The molecule has 88 valence electrons. The van der Waals surface area contributed by atoms with Gasteiger partial charge in [0.1, 0.15) is 0 Å². The molecule has 0 saturated carbocycles. The van der Waals surface area contributed by atoms with Crippen molar-refractivity contribution in [1.29, 1.82) is 0 Å². The number of hydrogen-bond acceptors (Lipinski definition) is 2. The van der Waals surface area contributed by atoms with E-state index in [0.717, 1.165) is 5.56 Å². The van der Waals surface area contributed by atoms with Crippen LogP contribution in [0.15, 0.2) is 24.3 Å². The van der Waals surface area contributed by atoms with Crippen LogP contribution in [0, 0.1) is 5.41 Å². The Kier molecular flexibility index (Phi) is 4.03. The van der Waals surface area contributed by atoms with Crippen LogP contribution in [0.4, 0.5) is 0 Å². The van der Waals surface area contributed by atoms with Crippen LogP contribution in [-0.4, -0.2) is 16.2 Å². The molecule has 0 saturated heterocycles. The maximum absolute atomic E-state index is 12.2. The lowest BCUT2D eigenvalue weighted by molar-refractivity contribution is 0.0857. The molecule has 0 aliphatic heterocycles. The fourth-order valence-corrected chi connectivity index (χ4v) is 2.18. The van der Waals surface area contributed by atoms with Crippen molar-refractivity contribution in [2.45, 2.75) is 26.5 Å². The lowest BCUT2D eigenvalue weighted by Crippen LogP contribution is -2.21. The van der Waals surface area contributed by atoms with Crippen LogP contribution in [-0.2, 0) is 16.6 Å². The van der Waals surface area contributed by atoms with Gasteiger partial charge in [0.05, 0.1) is 0 Å². The van der Waals surface area contributed by atoms with E-state index in [0.29, 0.717) is 11.3 Å². The molecule has 1 unspecified atom stereocenters. The Hall–Kier alpha value is -0.960. The molecule has 1 rings (SSSR count). The van der Waals surface area contributed by atoms with Gasteiger partial charge in [-0.25, -0.2) is 0 Å². The Bertz CT molecular complexity index is 416. The van der Waals surface area contributed by atoms with Gasteiger partial charge in [-0.15, -0.1) is 0 Å². The second kappa shape index (κ2) is 4.91. The molecule has 0 radical (unpaired) electrons. The number of Topliss-reactive ketones (excluding diaryl/α,β-unsaturated/α-hetero) is 1. The fourth-order valence-electron chi connectivity index (χ4n) is 1.49. The van der Waals surface area contributed by atoms with Crippen LogP contribution in [0.5, 0.6) is 0 Å². The number of carbonyl (C=O) groups is 1. The summed E-state index contributed by atoms with van der Waals surface area (Å²) in [5.74, 6) is 0.548. The maximum Gasteiger partial charge on any atom is 0.168 e. The quantitative estimate of drug-likeness (QED) is 0.759. The summed E-state index contributed by atoms with van der Waals surface area (Å²) < 4.78 is 11.2. The summed E-state index contributed by atoms with van der Waals surface area (Å²) >= 11 is 0. The van der Waals surface area contributed by atoms with E-state index in [-0.39, 0.29) is 5.78 Å². The monoisotopic (exact) mass is 238 g/mol. The Balaban J connectivity index is 3.13. The average Bonchev–Trinajstić information content (AvgIpc) is 2.15. The first-order valence-electron chi connectivity index (χ1n) is 5.25. The van der Waals surface area contributed by atoms with E-state index in [4.69, 9.17) is 0 Å². The van der Waals surface area contributed by atoms with Crippen molar-refractivity contribution in [3.05, 3.63) is 35.4 Å². The van der Waals surface area contributed by atoms with Crippen molar-refractivity contribution < 1.29 is 9.00 Å². The number of rotatable bonds is 3. The Morgan fingerprint density at radius 1 is 1.25 bits per heavy atom. The minimum absolute atomic E-state index is 0.105. The van der Waals surface area contributed by atoms with Gasteiger partial charge >= 0.3 is 0 Å². The molecule has 1 aromatic rings. The smallest absolute Gasteiger partial charge is 0.168 e. The molecule has 3 heteroatoms. The largest absolute Gasteiger partial charge is 0.294 e. The van der Waals surface area contributed by atoms with Crippen LogP contribution < -0.4 is 0 Å². The molecular formula is C13H18O2S. The molecule has 0 N–H and O–H groups in total. The van der Waals surface area contributed by atoms with Gasteiger partial charge in [-0.2, -0.15) is 0 Å². The summed E-state index contributed by atoms with van der Waals surface area (Å²) in [4.78, 5) is 12.2. The van der Waals surface area contributed by atoms with E-state index in [1.165, 1.54) is 0 Å². The highest BCUT2D eigenvalue weighted by Gasteiger charge is 2.24. The predicted octanol–water partition coefficient (Wildman–Crippen LogP) is 2.79. The Morgan fingerprint density at radius 2 is 1.81 bits per heavy atom. The van der Waals surface area contributed by atoms with Gasteiger partial charge in [0.15, 0.2) is 5.78 Å². The standard InChI is InChI=1S/C13H18O2S/c1-13(2,3)12(14)11-8-6-5-7-10(11)9-16(4)15/h5-8H,9H2,1-4H3. The average molecular weight is 238 g/mol. The summed E-state index contributed by atoms with van der Waals surface area (Å²) in [6, 6.07) is 7.42. The minimum Gasteiger partial charge on any atom is -0.294 e. The zero-order valence-electron chi connectivity index (χ0n) is 10.2. The Labute approximate surface area is 99.5 Å². The van der Waals surface area contributed by atoms with Crippen molar-refractivity contribution in [1.82, 2.24) is 0 Å². The summed E-state index contributed by atoms with van der Waals surface area (Å²) in [5.41, 5.74) is 1.18. The lowest BCUT2D eigenvalue weighted by atomic mass is 9.85. The van der Waals surface area contributed by atoms with E-state index < -0.39 is 16.2 Å². The maximum atomic E-state index is 12.2. The fraction of sp³-hybridized carbons (Fsp3) is 0.462. The zero-order valence-corrected chi connectivity index (χ0v) is 11.1. The van der Waals surface area contributed by atoms with Gasteiger partial charge in [0, 0.05) is 33.8 Å². The third kappa shape index (κ3) is 3.27. The number of carbonyl (C=O) groups excluding carboxylic acids is 1. The lowest BCUT2D eigenvalue weighted by Gasteiger charge is -2.18. The summed E-state index contributed by atoms with van der Waals surface area (Å²) in [6.07, 6.45) is 1.65. The van der Waals surface area contributed by atoms with Crippen LogP contribution in [0.1, 0.15) is 36.7 Å². The normalized spacial score (nSPS) is 13.5. The SMILES string of the molecule is CS(=O)Cc1ccccc1C(=O)C(C)(C)C. The second-order valence-corrected chi connectivity index (χ2v) is 6.39. The van der Waals surface area contributed by atoms with Crippen molar-refractivity contribution in [2.24, 2.45) is 5.41 Å². The molecule has 0 aliphatic rings. The van der Waals surface area contributed by atoms with Crippen LogP contribution in [0.25, 0.3) is 0 Å². The topological polar surface area (TPSA) is 34.1 Å². The number of benzene rings is 1. The summed E-state index contributed by atoms with van der Waals surface area (Å²) in [5, 5.41) is 0. The highest BCUT2D eigenvalue weighted by molar-refractivity contribution is 7.83. The molecule has 0 fully saturated rings. The molecule has 0 spiro atoms. The first-order valence-corrected chi connectivity index (χ1v) is 6.98. The molecule has 0 aromatic heterocycles. The van der Waals surface area contributed by atoms with E-state index in [9.17, 15) is 9.00 Å². The van der Waals surface area contributed by atoms with Crippen molar-refractivity contribution >= 4 is 16.6 Å². The molecule has 0 amide bonds. The third-order valence-corrected chi connectivity index (χ3v) is 3.02. The first kappa shape index (κ1) is 13.1. The second-order valence-electron chi connectivity index (χ2n) is 4.95. The molecule has 16 heavy (non-hydrogen) atoms. The summed E-state index contributed by atoms with van der Waals surface area (Å²) in [6.45, 7) is 5.69. The predicted molar refractivity (Wildman–Crippen MR) is 68.0 cm³/mol. The van der Waals surface area contributed by atoms with E-state index >= 15 is 0 Å². The van der Waals surface area contributed by atoms with Crippen LogP contribution >= 0.6 is 0 Å².